The molecule has 150 valence electrons. The minimum atomic E-state index is 0. The molecule has 2 rings (SSSR count). The summed E-state index contributed by atoms with van der Waals surface area (Å²) in [5, 5.41) is 8.88. The van der Waals surface area contributed by atoms with E-state index in [1.165, 1.54) is 4.88 Å². The Hall–Kier alpha value is -0.420. The van der Waals surface area contributed by atoms with Crippen LogP contribution in [0, 0.1) is 0 Å². The first-order valence-electron chi connectivity index (χ1n) is 9.30. The van der Waals surface area contributed by atoms with E-state index in [1.54, 1.807) is 0 Å². The molecule has 2 heterocycles. The monoisotopic (exact) mass is 496 g/mol. The van der Waals surface area contributed by atoms with Crippen LogP contribution in [0.3, 0.4) is 0 Å². The molecule has 1 atom stereocenters. The zero-order valence-corrected chi connectivity index (χ0v) is 19.1. The predicted octanol–water partition coefficient (Wildman–Crippen LogP) is 2.72. The molecule has 6 nitrogen and oxygen atoms in total. The highest BCUT2D eigenvalue weighted by Gasteiger charge is 2.23. The van der Waals surface area contributed by atoms with Crippen LogP contribution in [0.15, 0.2) is 22.5 Å². The first-order valence-corrected chi connectivity index (χ1v) is 10.2. The number of thiophene rings is 1. The van der Waals surface area contributed by atoms with Gasteiger partial charge in [0.1, 0.15) is 0 Å². The first kappa shape index (κ1) is 23.6. The molecular weight excluding hydrogens is 463 g/mol. The largest absolute Gasteiger partial charge is 0.382 e. The molecule has 1 saturated heterocycles. The molecule has 1 fully saturated rings. The second-order valence-electron chi connectivity index (χ2n) is 5.88. The van der Waals surface area contributed by atoms with Gasteiger partial charge in [-0.1, -0.05) is 6.07 Å². The van der Waals surface area contributed by atoms with E-state index in [2.05, 4.69) is 40.0 Å². The van der Waals surface area contributed by atoms with Crippen LogP contribution < -0.4 is 10.6 Å². The average molecular weight is 496 g/mol. The predicted molar refractivity (Wildman–Crippen MR) is 120 cm³/mol. The van der Waals surface area contributed by atoms with Crippen LogP contribution in [0.5, 0.6) is 0 Å². The van der Waals surface area contributed by atoms with E-state index in [4.69, 9.17) is 14.5 Å². The third-order valence-corrected chi connectivity index (χ3v) is 5.06. The second kappa shape index (κ2) is 14.6. The van der Waals surface area contributed by atoms with Gasteiger partial charge >= 0.3 is 0 Å². The molecule has 0 aliphatic carbocycles. The summed E-state index contributed by atoms with van der Waals surface area (Å²) in [6.45, 7) is 11.7. The molecular formula is C18H33IN4O2S. The fraction of sp³-hybridized carbons (Fsp3) is 0.722. The maximum atomic E-state index is 5.51. The zero-order chi connectivity index (χ0) is 17.7. The summed E-state index contributed by atoms with van der Waals surface area (Å²) in [6, 6.07) is 4.65. The van der Waals surface area contributed by atoms with Gasteiger partial charge in [-0.25, -0.2) is 0 Å². The van der Waals surface area contributed by atoms with Gasteiger partial charge in [0.2, 0.25) is 0 Å². The fourth-order valence-electron chi connectivity index (χ4n) is 2.80. The molecule has 1 unspecified atom stereocenters. The van der Waals surface area contributed by atoms with E-state index < -0.39 is 0 Å². The maximum Gasteiger partial charge on any atom is 0.191 e. The van der Waals surface area contributed by atoms with E-state index in [0.29, 0.717) is 6.04 Å². The highest BCUT2D eigenvalue weighted by Crippen LogP contribution is 2.26. The highest BCUT2D eigenvalue weighted by molar-refractivity contribution is 14.0. The standard InChI is InChI=1S/C18H32N4O2S.HI/c1-3-19-18(20-8-6-11-23-4-2)21-15-16(17-7-5-14-25-17)22-9-12-24-13-10-22;/h5,7,14,16H,3-4,6,8-13,15H2,1-2H3,(H2,19,20,21);1H. The summed E-state index contributed by atoms with van der Waals surface area (Å²) in [6.07, 6.45) is 0.982. The Morgan fingerprint density at radius 1 is 1.35 bits per heavy atom. The SMILES string of the molecule is CCNC(=NCC(c1cccs1)N1CCOCC1)NCCCOCC.I. The van der Waals surface area contributed by atoms with Crippen LogP contribution in [0.1, 0.15) is 31.2 Å². The minimum Gasteiger partial charge on any atom is -0.382 e. The van der Waals surface area contributed by atoms with Gasteiger partial charge in [-0.05, 0) is 31.7 Å². The van der Waals surface area contributed by atoms with Crippen molar-refractivity contribution in [2.75, 3.05) is 59.2 Å². The Morgan fingerprint density at radius 2 is 2.15 bits per heavy atom. The lowest BCUT2D eigenvalue weighted by Crippen LogP contribution is -2.41. The molecule has 0 saturated carbocycles. The first-order chi connectivity index (χ1) is 12.3. The lowest BCUT2D eigenvalue weighted by molar-refractivity contribution is 0.0186. The normalized spacial score (nSPS) is 16.8. The second-order valence-corrected chi connectivity index (χ2v) is 6.86. The van der Waals surface area contributed by atoms with Crippen LogP contribution in [-0.4, -0.2) is 70.0 Å². The molecule has 1 aliphatic heterocycles. The Labute approximate surface area is 178 Å². The molecule has 8 heteroatoms. The van der Waals surface area contributed by atoms with Crippen molar-refractivity contribution in [2.24, 2.45) is 4.99 Å². The van der Waals surface area contributed by atoms with Gasteiger partial charge in [0, 0.05) is 44.3 Å². The van der Waals surface area contributed by atoms with Gasteiger partial charge in [-0.2, -0.15) is 0 Å². The summed E-state index contributed by atoms with van der Waals surface area (Å²) in [5.74, 6) is 0.883. The van der Waals surface area contributed by atoms with Crippen LogP contribution in [0.4, 0.5) is 0 Å². The molecule has 0 amide bonds. The number of hydrogen-bond acceptors (Lipinski definition) is 5. The van der Waals surface area contributed by atoms with Gasteiger partial charge in [0.15, 0.2) is 5.96 Å². The number of aliphatic imine (C=N–C) groups is 1. The summed E-state index contributed by atoms with van der Waals surface area (Å²) < 4.78 is 10.9. The molecule has 26 heavy (non-hydrogen) atoms. The van der Waals surface area contributed by atoms with Gasteiger partial charge in [0.05, 0.1) is 25.8 Å². The van der Waals surface area contributed by atoms with Crippen molar-refractivity contribution in [1.29, 1.82) is 0 Å². The fourth-order valence-corrected chi connectivity index (χ4v) is 3.65. The summed E-state index contributed by atoms with van der Waals surface area (Å²) in [5.41, 5.74) is 0. The number of guanidine groups is 1. The maximum absolute atomic E-state index is 5.51. The van der Waals surface area contributed by atoms with Crippen molar-refractivity contribution < 1.29 is 9.47 Å². The van der Waals surface area contributed by atoms with E-state index in [9.17, 15) is 0 Å². The number of nitrogens with zero attached hydrogens (tertiary/aromatic N) is 2. The van der Waals surface area contributed by atoms with Crippen molar-refractivity contribution in [1.82, 2.24) is 15.5 Å². The number of ether oxygens (including phenoxy) is 2. The highest BCUT2D eigenvalue weighted by atomic mass is 127. The Morgan fingerprint density at radius 3 is 2.81 bits per heavy atom. The molecule has 1 aromatic rings. The molecule has 1 aromatic heterocycles. The van der Waals surface area contributed by atoms with Crippen molar-refractivity contribution >= 4 is 41.3 Å². The number of rotatable bonds is 10. The Kier molecular flexibility index (Phi) is 13.3. The lowest BCUT2D eigenvalue weighted by atomic mass is 10.2. The van der Waals surface area contributed by atoms with Crippen molar-refractivity contribution in [3.8, 4) is 0 Å². The summed E-state index contributed by atoms with van der Waals surface area (Å²) in [4.78, 5) is 8.70. The van der Waals surface area contributed by atoms with E-state index >= 15 is 0 Å². The smallest absolute Gasteiger partial charge is 0.191 e. The number of morpholine rings is 1. The van der Waals surface area contributed by atoms with Crippen LogP contribution in [-0.2, 0) is 9.47 Å². The van der Waals surface area contributed by atoms with Gasteiger partial charge < -0.3 is 20.1 Å². The molecule has 0 radical (unpaired) electrons. The van der Waals surface area contributed by atoms with Gasteiger partial charge in [-0.3, -0.25) is 9.89 Å². The van der Waals surface area contributed by atoms with Crippen molar-refractivity contribution in [3.63, 3.8) is 0 Å². The van der Waals surface area contributed by atoms with E-state index in [-0.39, 0.29) is 24.0 Å². The topological polar surface area (TPSA) is 58.1 Å². The molecule has 2 N–H and O–H groups in total. The quantitative estimate of drug-likeness (QED) is 0.226. The van der Waals surface area contributed by atoms with Gasteiger partial charge in [0.25, 0.3) is 0 Å². The molecule has 0 bridgehead atoms. The third kappa shape index (κ3) is 8.51. The van der Waals surface area contributed by atoms with Crippen molar-refractivity contribution in [3.05, 3.63) is 22.4 Å². The van der Waals surface area contributed by atoms with Crippen LogP contribution >= 0.6 is 35.3 Å². The summed E-state index contributed by atoms with van der Waals surface area (Å²) in [7, 11) is 0. The number of halogens is 1. The number of hydrogen-bond donors (Lipinski definition) is 2. The van der Waals surface area contributed by atoms with E-state index in [1.807, 2.05) is 18.3 Å². The molecule has 0 aromatic carbocycles. The number of nitrogens with one attached hydrogen (secondary N) is 2. The third-order valence-electron chi connectivity index (χ3n) is 4.09. The zero-order valence-electron chi connectivity index (χ0n) is 15.9. The van der Waals surface area contributed by atoms with Crippen molar-refractivity contribution in [2.45, 2.75) is 26.3 Å². The Balaban J connectivity index is 0.00000338. The van der Waals surface area contributed by atoms with E-state index in [0.717, 1.165) is 71.5 Å². The molecule has 1 aliphatic rings. The Bertz CT molecular complexity index is 482. The van der Waals surface area contributed by atoms with Crippen LogP contribution in [0.2, 0.25) is 0 Å². The van der Waals surface area contributed by atoms with Crippen LogP contribution in [0.25, 0.3) is 0 Å². The van der Waals surface area contributed by atoms with Gasteiger partial charge in [-0.15, -0.1) is 35.3 Å². The summed E-state index contributed by atoms with van der Waals surface area (Å²) >= 11 is 1.81. The lowest BCUT2D eigenvalue weighted by Gasteiger charge is -2.33. The molecule has 0 spiro atoms. The average Bonchev–Trinajstić information content (AvgIpc) is 3.17. The minimum absolute atomic E-state index is 0.